The van der Waals surface area contributed by atoms with Crippen LogP contribution in [0.4, 0.5) is 21.7 Å². The molecule has 5 heteroatoms. The Bertz CT molecular complexity index is 871. The Morgan fingerprint density at radius 1 is 1.20 bits per heavy atom. The van der Waals surface area contributed by atoms with Crippen molar-refractivity contribution in [3.63, 3.8) is 0 Å². The first-order valence-electron chi connectivity index (χ1n) is 10.2. The molecule has 0 amide bonds. The number of pyridine rings is 1. The van der Waals surface area contributed by atoms with Crippen LogP contribution in [0.25, 0.3) is 0 Å². The number of hydrogen-bond donors (Lipinski definition) is 2. The van der Waals surface area contributed by atoms with Gasteiger partial charge in [-0.2, -0.15) is 0 Å². The topological polar surface area (TPSA) is 40.2 Å². The molecule has 1 aromatic carbocycles. The van der Waals surface area contributed by atoms with Crippen LogP contribution in [-0.2, 0) is 6.54 Å². The molecular weight excluding hydrogens is 375 g/mol. The highest BCUT2D eigenvalue weighted by atomic mass is 19.1. The van der Waals surface area contributed by atoms with Crippen molar-refractivity contribution in [2.45, 2.75) is 19.9 Å². The normalized spacial score (nSPS) is 17.3. The molecule has 0 radical (unpaired) electrons. The molecular formula is C25H33FN4. The molecule has 0 saturated heterocycles. The molecule has 0 spiro atoms. The van der Waals surface area contributed by atoms with Crippen molar-refractivity contribution in [1.82, 2.24) is 4.98 Å². The van der Waals surface area contributed by atoms with Gasteiger partial charge >= 0.3 is 0 Å². The number of hydrogen-bond acceptors (Lipinski definition) is 4. The second-order valence-electron chi connectivity index (χ2n) is 7.62. The van der Waals surface area contributed by atoms with Crippen LogP contribution in [0.1, 0.15) is 18.9 Å². The predicted molar refractivity (Wildman–Crippen MR) is 128 cm³/mol. The lowest BCUT2D eigenvalue weighted by Crippen LogP contribution is -2.14. The van der Waals surface area contributed by atoms with E-state index in [1.165, 1.54) is 24.1 Å². The zero-order chi connectivity index (χ0) is 22.1. The van der Waals surface area contributed by atoms with Crippen LogP contribution in [0, 0.1) is 17.7 Å². The van der Waals surface area contributed by atoms with Crippen molar-refractivity contribution in [1.29, 1.82) is 0 Å². The lowest BCUT2D eigenvalue weighted by atomic mass is 10.1. The van der Waals surface area contributed by atoms with Crippen LogP contribution in [0.15, 0.2) is 73.4 Å². The van der Waals surface area contributed by atoms with Gasteiger partial charge in [-0.3, -0.25) is 0 Å². The van der Waals surface area contributed by atoms with Crippen molar-refractivity contribution in [2.24, 2.45) is 11.8 Å². The largest absolute Gasteiger partial charge is 0.385 e. The smallest absolute Gasteiger partial charge is 0.153 e. The van der Waals surface area contributed by atoms with Gasteiger partial charge in [0, 0.05) is 27.7 Å². The first kappa shape index (κ1) is 23.2. The number of nitrogens with zero attached hydrogens (tertiary/aromatic N) is 2. The number of halogens is 1. The maximum absolute atomic E-state index is 12.8. The van der Waals surface area contributed by atoms with E-state index in [2.05, 4.69) is 41.8 Å². The molecule has 1 aromatic heterocycles. The van der Waals surface area contributed by atoms with Crippen LogP contribution in [0.3, 0.4) is 0 Å². The zero-order valence-corrected chi connectivity index (χ0v) is 18.5. The maximum atomic E-state index is 12.8. The number of aromatic nitrogens is 1. The molecule has 2 aromatic rings. The molecule has 0 unspecified atom stereocenters. The van der Waals surface area contributed by atoms with Crippen LogP contribution in [0.5, 0.6) is 0 Å². The number of nitrogens with one attached hydrogen (secondary N) is 2. The van der Waals surface area contributed by atoms with E-state index in [1.807, 2.05) is 50.3 Å². The van der Waals surface area contributed by atoms with Gasteiger partial charge in [0.25, 0.3) is 0 Å². The minimum atomic E-state index is -0.222. The fourth-order valence-electron chi connectivity index (χ4n) is 3.14. The highest BCUT2D eigenvalue weighted by molar-refractivity contribution is 5.67. The SMILES string of the molecule is C=C/C=C(\C=C)[C@@H]1C[C@H]1C.CNc1ccc(NCc2ccc(F)cc2)nc1N(C)C. The molecule has 2 atom stereocenters. The van der Waals surface area contributed by atoms with Gasteiger partial charge in [-0.05, 0) is 53.7 Å². The molecule has 160 valence electrons. The third kappa shape index (κ3) is 6.76. The van der Waals surface area contributed by atoms with Gasteiger partial charge in [-0.1, -0.05) is 50.4 Å². The Kier molecular flexibility index (Phi) is 8.66. The van der Waals surface area contributed by atoms with Crippen molar-refractivity contribution < 1.29 is 4.39 Å². The molecule has 1 fully saturated rings. The Labute approximate surface area is 180 Å². The second kappa shape index (κ2) is 11.2. The van der Waals surface area contributed by atoms with Gasteiger partial charge in [-0.15, -0.1) is 0 Å². The molecule has 0 aliphatic heterocycles. The molecule has 3 rings (SSSR count). The van der Waals surface area contributed by atoms with E-state index in [4.69, 9.17) is 0 Å². The summed E-state index contributed by atoms with van der Waals surface area (Å²) in [5.74, 6) is 3.08. The zero-order valence-electron chi connectivity index (χ0n) is 18.5. The predicted octanol–water partition coefficient (Wildman–Crippen LogP) is 5.88. The highest BCUT2D eigenvalue weighted by Crippen LogP contribution is 2.43. The lowest BCUT2D eigenvalue weighted by molar-refractivity contribution is 0.627. The van der Waals surface area contributed by atoms with Gasteiger partial charge in [-0.25, -0.2) is 9.37 Å². The van der Waals surface area contributed by atoms with Gasteiger partial charge < -0.3 is 15.5 Å². The van der Waals surface area contributed by atoms with Gasteiger partial charge in [0.1, 0.15) is 11.6 Å². The summed E-state index contributed by atoms with van der Waals surface area (Å²) in [7, 11) is 5.77. The molecule has 0 bridgehead atoms. The maximum Gasteiger partial charge on any atom is 0.153 e. The summed E-state index contributed by atoms with van der Waals surface area (Å²) in [5, 5.41) is 6.35. The minimum absolute atomic E-state index is 0.222. The summed E-state index contributed by atoms with van der Waals surface area (Å²) in [6, 6.07) is 10.3. The van der Waals surface area contributed by atoms with E-state index in [0.717, 1.165) is 34.7 Å². The molecule has 1 aliphatic carbocycles. The molecule has 1 saturated carbocycles. The van der Waals surface area contributed by atoms with Gasteiger partial charge in [0.05, 0.1) is 5.69 Å². The molecule has 4 nitrogen and oxygen atoms in total. The Morgan fingerprint density at radius 3 is 2.37 bits per heavy atom. The Balaban J connectivity index is 0.000000269. The highest BCUT2D eigenvalue weighted by Gasteiger charge is 2.33. The van der Waals surface area contributed by atoms with Crippen molar-refractivity contribution in [2.75, 3.05) is 36.7 Å². The van der Waals surface area contributed by atoms with E-state index < -0.39 is 0 Å². The number of rotatable bonds is 8. The van der Waals surface area contributed by atoms with Crippen LogP contribution in [0.2, 0.25) is 0 Å². The number of anilines is 3. The lowest BCUT2D eigenvalue weighted by Gasteiger charge is -2.17. The quantitative estimate of drug-likeness (QED) is 0.535. The van der Waals surface area contributed by atoms with E-state index in [9.17, 15) is 4.39 Å². The molecule has 1 heterocycles. The Hall–Kier alpha value is -3.08. The van der Waals surface area contributed by atoms with Crippen molar-refractivity contribution in [3.05, 3.63) is 84.7 Å². The fraction of sp³-hybridized carbons (Fsp3) is 0.320. The van der Waals surface area contributed by atoms with Crippen molar-refractivity contribution in [3.8, 4) is 0 Å². The second-order valence-corrected chi connectivity index (χ2v) is 7.62. The third-order valence-corrected chi connectivity index (χ3v) is 5.04. The fourth-order valence-corrected chi connectivity index (χ4v) is 3.14. The van der Waals surface area contributed by atoms with Crippen LogP contribution < -0.4 is 15.5 Å². The van der Waals surface area contributed by atoms with Crippen LogP contribution >= 0.6 is 0 Å². The average Bonchev–Trinajstić information content (AvgIpc) is 3.48. The minimum Gasteiger partial charge on any atom is -0.385 e. The van der Waals surface area contributed by atoms with Gasteiger partial charge in [0.2, 0.25) is 0 Å². The van der Waals surface area contributed by atoms with E-state index >= 15 is 0 Å². The summed E-state index contributed by atoms with van der Waals surface area (Å²) in [4.78, 5) is 6.51. The standard InChI is InChI=1S/C15H19FN4.C10H14/c1-17-13-8-9-14(19-15(13)20(2)3)18-10-11-4-6-12(16)7-5-11;1-4-6-9(5-2)10-7-8(10)3/h4-9,17H,10H2,1-3H3,(H,18,19);4-6,8,10H,1-2,7H2,3H3/b;9-6+/t;8-,10-/m.1/s1. The van der Waals surface area contributed by atoms with Crippen molar-refractivity contribution >= 4 is 17.3 Å². The molecule has 1 aliphatic rings. The summed E-state index contributed by atoms with van der Waals surface area (Å²) >= 11 is 0. The van der Waals surface area contributed by atoms with E-state index in [1.54, 1.807) is 12.1 Å². The summed E-state index contributed by atoms with van der Waals surface area (Å²) in [6.45, 7) is 10.3. The molecule has 30 heavy (non-hydrogen) atoms. The van der Waals surface area contributed by atoms with Gasteiger partial charge in [0.15, 0.2) is 5.82 Å². The summed E-state index contributed by atoms with van der Waals surface area (Å²) in [5.41, 5.74) is 3.34. The monoisotopic (exact) mass is 408 g/mol. The first-order valence-corrected chi connectivity index (χ1v) is 10.2. The molecule has 2 N–H and O–H groups in total. The average molecular weight is 409 g/mol. The third-order valence-electron chi connectivity index (χ3n) is 5.04. The Morgan fingerprint density at radius 2 is 1.87 bits per heavy atom. The summed E-state index contributed by atoms with van der Waals surface area (Å²) in [6.07, 6.45) is 7.16. The van der Waals surface area contributed by atoms with Crippen LogP contribution in [-0.4, -0.2) is 26.1 Å². The van der Waals surface area contributed by atoms with E-state index in [-0.39, 0.29) is 5.82 Å². The first-order chi connectivity index (χ1) is 14.4. The van der Waals surface area contributed by atoms with E-state index in [0.29, 0.717) is 6.54 Å². The number of allylic oxidation sites excluding steroid dienone is 4. The summed E-state index contributed by atoms with van der Waals surface area (Å²) < 4.78 is 12.8. The number of benzene rings is 1.